The van der Waals surface area contributed by atoms with Crippen LogP contribution in [0.1, 0.15) is 20.8 Å². The summed E-state index contributed by atoms with van der Waals surface area (Å²) in [4.78, 5) is 21.8. The van der Waals surface area contributed by atoms with Crippen LogP contribution >= 0.6 is 22.9 Å². The Morgan fingerprint density at radius 3 is 2.50 bits per heavy atom. The molecule has 0 radical (unpaired) electrons. The number of carbonyl (C=O) groups excluding carboxylic acids is 1. The first-order valence-electron chi connectivity index (χ1n) is 9.96. The Morgan fingerprint density at radius 2 is 1.81 bits per heavy atom. The second-order valence-electron chi connectivity index (χ2n) is 7.25. The number of halogens is 1. The van der Waals surface area contributed by atoms with Crippen LogP contribution < -0.4 is 11.1 Å². The highest BCUT2D eigenvalue weighted by atomic mass is 35.5. The summed E-state index contributed by atoms with van der Waals surface area (Å²) in [6.07, 6.45) is 1.78. The van der Waals surface area contributed by atoms with E-state index in [-0.39, 0.29) is 11.9 Å². The molecule has 160 valence electrons. The maximum absolute atomic E-state index is 12.1. The Morgan fingerprint density at radius 1 is 1.09 bits per heavy atom. The highest BCUT2D eigenvalue weighted by Crippen LogP contribution is 2.32. The molecule has 2 heterocycles. The number of nitrogens with two attached hydrogens (primary N) is 1. The van der Waals surface area contributed by atoms with Crippen molar-refractivity contribution in [2.24, 2.45) is 10.7 Å². The Balaban J connectivity index is 1.62. The van der Waals surface area contributed by atoms with Gasteiger partial charge in [0.25, 0.3) is 5.91 Å². The number of carbonyl (C=O) groups is 1. The van der Waals surface area contributed by atoms with E-state index in [1.807, 2.05) is 35.7 Å². The minimum absolute atomic E-state index is 0.0714. The standard InChI is InChI=1S/C25H21ClN4OS/c1-16-4-6-18(7-5-16)21-13-17(14-28-23(21)19-8-10-20(26)11-9-19)15-29-25(27)30-24(31)22-3-2-12-32-22/h2-14H,15H2,1H3,(H3,27,29,30,31). The number of benzene rings is 2. The lowest BCUT2D eigenvalue weighted by molar-refractivity contribution is 0.0980. The number of guanidine groups is 1. The van der Waals surface area contributed by atoms with Crippen LogP contribution in [0.4, 0.5) is 0 Å². The molecule has 3 N–H and O–H groups in total. The predicted octanol–water partition coefficient (Wildman–Crippen LogP) is 5.68. The molecule has 0 spiro atoms. The van der Waals surface area contributed by atoms with Gasteiger partial charge in [0, 0.05) is 22.3 Å². The van der Waals surface area contributed by atoms with Crippen molar-refractivity contribution >= 4 is 34.8 Å². The van der Waals surface area contributed by atoms with Crippen LogP contribution in [0.3, 0.4) is 0 Å². The fraction of sp³-hybridized carbons (Fsp3) is 0.0800. The molecule has 2 aromatic carbocycles. The average Bonchev–Trinajstić information content (AvgIpc) is 3.34. The number of aromatic nitrogens is 1. The van der Waals surface area contributed by atoms with Gasteiger partial charge in [-0.05, 0) is 47.7 Å². The van der Waals surface area contributed by atoms with E-state index in [0.29, 0.717) is 16.4 Å². The van der Waals surface area contributed by atoms with Crippen molar-refractivity contribution in [3.05, 3.63) is 99.3 Å². The SMILES string of the molecule is Cc1ccc(-c2cc(CN=C(N)NC(=O)c3cccs3)cnc2-c2ccc(Cl)cc2)cc1. The number of nitrogens with one attached hydrogen (secondary N) is 1. The van der Waals surface area contributed by atoms with E-state index < -0.39 is 0 Å². The molecule has 0 atom stereocenters. The van der Waals surface area contributed by atoms with Crippen LogP contribution in [-0.2, 0) is 6.54 Å². The Labute approximate surface area is 195 Å². The van der Waals surface area contributed by atoms with Crippen LogP contribution in [0.25, 0.3) is 22.4 Å². The summed E-state index contributed by atoms with van der Waals surface area (Å²) in [5, 5.41) is 5.13. The van der Waals surface area contributed by atoms with Crippen LogP contribution in [0.2, 0.25) is 5.02 Å². The molecule has 5 nitrogen and oxygen atoms in total. The molecule has 0 saturated heterocycles. The second kappa shape index (κ2) is 9.77. The lowest BCUT2D eigenvalue weighted by atomic mass is 9.97. The minimum atomic E-state index is -0.266. The normalized spacial score (nSPS) is 11.4. The zero-order valence-electron chi connectivity index (χ0n) is 17.4. The lowest BCUT2D eigenvalue weighted by Gasteiger charge is -2.12. The van der Waals surface area contributed by atoms with Crippen LogP contribution in [-0.4, -0.2) is 16.9 Å². The summed E-state index contributed by atoms with van der Waals surface area (Å²) < 4.78 is 0. The molecule has 0 saturated carbocycles. The summed E-state index contributed by atoms with van der Waals surface area (Å²) in [5.41, 5.74) is 11.9. The second-order valence-corrected chi connectivity index (χ2v) is 8.63. The van der Waals surface area contributed by atoms with Crippen LogP contribution in [0.15, 0.2) is 83.3 Å². The molecular weight excluding hydrogens is 440 g/mol. The van der Waals surface area contributed by atoms with Crippen molar-refractivity contribution in [1.29, 1.82) is 0 Å². The number of hydrogen-bond donors (Lipinski definition) is 2. The van der Waals surface area contributed by atoms with E-state index in [1.54, 1.807) is 12.3 Å². The maximum atomic E-state index is 12.1. The summed E-state index contributed by atoms with van der Waals surface area (Å²) in [6, 6.07) is 21.5. The van der Waals surface area contributed by atoms with E-state index in [2.05, 4.69) is 47.6 Å². The van der Waals surface area contributed by atoms with Crippen molar-refractivity contribution in [3.63, 3.8) is 0 Å². The first kappa shape index (κ1) is 21.7. The lowest BCUT2D eigenvalue weighted by Crippen LogP contribution is -2.36. The van der Waals surface area contributed by atoms with Gasteiger partial charge in [0.05, 0.1) is 17.1 Å². The van der Waals surface area contributed by atoms with Crippen molar-refractivity contribution < 1.29 is 4.79 Å². The minimum Gasteiger partial charge on any atom is -0.370 e. The Bertz CT molecular complexity index is 1250. The smallest absolute Gasteiger partial charge is 0.268 e. The largest absolute Gasteiger partial charge is 0.370 e. The van der Waals surface area contributed by atoms with Gasteiger partial charge in [-0.3, -0.25) is 15.1 Å². The zero-order chi connectivity index (χ0) is 22.5. The Kier molecular flexibility index (Phi) is 6.63. The number of pyridine rings is 1. The van der Waals surface area contributed by atoms with Gasteiger partial charge in [-0.25, -0.2) is 4.99 Å². The van der Waals surface area contributed by atoms with E-state index >= 15 is 0 Å². The van der Waals surface area contributed by atoms with Crippen molar-refractivity contribution in [3.8, 4) is 22.4 Å². The molecule has 0 aliphatic heterocycles. The van der Waals surface area contributed by atoms with Crippen molar-refractivity contribution in [2.45, 2.75) is 13.5 Å². The van der Waals surface area contributed by atoms with E-state index in [9.17, 15) is 4.79 Å². The third-order valence-corrected chi connectivity index (χ3v) is 5.96. The first-order chi connectivity index (χ1) is 15.5. The number of aryl methyl sites for hydroxylation is 1. The molecule has 32 heavy (non-hydrogen) atoms. The number of hydrogen-bond acceptors (Lipinski definition) is 4. The summed E-state index contributed by atoms with van der Waals surface area (Å²) in [6.45, 7) is 2.35. The fourth-order valence-corrected chi connectivity index (χ4v) is 3.93. The molecule has 4 aromatic rings. The van der Waals surface area contributed by atoms with Gasteiger partial charge < -0.3 is 5.73 Å². The fourth-order valence-electron chi connectivity index (χ4n) is 3.19. The molecule has 4 rings (SSSR count). The third-order valence-electron chi connectivity index (χ3n) is 4.84. The molecule has 0 aliphatic carbocycles. The quantitative estimate of drug-likeness (QED) is 0.297. The molecule has 0 bridgehead atoms. The molecule has 0 aliphatic rings. The average molecular weight is 461 g/mol. The van der Waals surface area contributed by atoms with Gasteiger partial charge in [-0.1, -0.05) is 59.6 Å². The summed E-state index contributed by atoms with van der Waals surface area (Å²) in [5.74, 6) is -0.195. The van der Waals surface area contributed by atoms with Gasteiger partial charge >= 0.3 is 0 Å². The third kappa shape index (κ3) is 5.22. The van der Waals surface area contributed by atoms with Gasteiger partial charge in [-0.15, -0.1) is 11.3 Å². The van der Waals surface area contributed by atoms with Gasteiger partial charge in [-0.2, -0.15) is 0 Å². The van der Waals surface area contributed by atoms with Crippen molar-refractivity contribution in [1.82, 2.24) is 10.3 Å². The van der Waals surface area contributed by atoms with E-state index in [1.165, 1.54) is 16.9 Å². The number of thiophene rings is 1. The molecule has 0 unspecified atom stereocenters. The molecular formula is C25H21ClN4OS. The summed E-state index contributed by atoms with van der Waals surface area (Å²) >= 11 is 7.41. The summed E-state index contributed by atoms with van der Waals surface area (Å²) in [7, 11) is 0. The highest BCUT2D eigenvalue weighted by molar-refractivity contribution is 7.12. The number of nitrogens with zero attached hydrogens (tertiary/aromatic N) is 2. The molecule has 7 heteroatoms. The molecule has 1 amide bonds. The zero-order valence-corrected chi connectivity index (χ0v) is 19.0. The van der Waals surface area contributed by atoms with Crippen LogP contribution in [0, 0.1) is 6.92 Å². The van der Waals surface area contributed by atoms with Gasteiger partial charge in [0.1, 0.15) is 0 Å². The molecule has 0 fully saturated rings. The van der Waals surface area contributed by atoms with E-state index in [4.69, 9.17) is 22.3 Å². The van der Waals surface area contributed by atoms with E-state index in [0.717, 1.165) is 27.9 Å². The Hall–Kier alpha value is -3.48. The maximum Gasteiger partial charge on any atom is 0.268 e. The number of amides is 1. The first-order valence-corrected chi connectivity index (χ1v) is 11.2. The predicted molar refractivity (Wildman–Crippen MR) is 132 cm³/mol. The van der Waals surface area contributed by atoms with Crippen LogP contribution in [0.5, 0.6) is 0 Å². The molecule has 2 aromatic heterocycles. The number of aliphatic imine (C=N–C) groups is 1. The topological polar surface area (TPSA) is 80.4 Å². The number of rotatable bonds is 5. The highest BCUT2D eigenvalue weighted by Gasteiger charge is 2.12. The van der Waals surface area contributed by atoms with Gasteiger partial charge in [0.2, 0.25) is 0 Å². The van der Waals surface area contributed by atoms with Gasteiger partial charge in [0.15, 0.2) is 5.96 Å². The van der Waals surface area contributed by atoms with Crippen molar-refractivity contribution in [2.75, 3.05) is 0 Å². The monoisotopic (exact) mass is 460 g/mol.